The van der Waals surface area contributed by atoms with Gasteiger partial charge in [0, 0.05) is 39.5 Å². The summed E-state index contributed by atoms with van der Waals surface area (Å²) >= 11 is 0. The second kappa shape index (κ2) is 14.3. The molecule has 0 bridgehead atoms. The molecule has 0 spiro atoms. The summed E-state index contributed by atoms with van der Waals surface area (Å²) in [6, 6.07) is 39.4. The summed E-state index contributed by atoms with van der Waals surface area (Å²) < 4.78 is 0. The molecule has 0 saturated heterocycles. The first-order valence-electron chi connectivity index (χ1n) is 26.1. The number of rotatable bonds is 4. The number of benzene rings is 6. The smallest absolute Gasteiger partial charge is 0.252 e. The van der Waals surface area contributed by atoms with E-state index >= 15 is 0 Å². The maximum atomic E-state index is 2.74. The highest BCUT2D eigenvalue weighted by atomic mass is 15.2. The number of hydrogen-bond acceptors (Lipinski definition) is 2. The summed E-state index contributed by atoms with van der Waals surface area (Å²) in [5, 5.41) is 0. The first kappa shape index (κ1) is 45.4. The molecule has 0 amide bonds. The lowest BCUT2D eigenvalue weighted by Gasteiger charge is -2.48. The average Bonchev–Trinajstić information content (AvgIpc) is 3.45. The van der Waals surface area contributed by atoms with Crippen LogP contribution in [0, 0.1) is 20.8 Å². The van der Waals surface area contributed by atoms with Crippen LogP contribution in [0.2, 0.25) is 0 Å². The van der Waals surface area contributed by atoms with Crippen molar-refractivity contribution in [3.8, 4) is 0 Å². The van der Waals surface area contributed by atoms with Gasteiger partial charge in [0.1, 0.15) is 0 Å². The molecule has 5 aliphatic rings. The van der Waals surface area contributed by atoms with Crippen molar-refractivity contribution in [1.29, 1.82) is 0 Å². The van der Waals surface area contributed by atoms with Crippen LogP contribution in [0.4, 0.5) is 34.1 Å². The zero-order valence-electron chi connectivity index (χ0n) is 44.7. The molecule has 350 valence electrons. The summed E-state index contributed by atoms with van der Waals surface area (Å²) in [7, 11) is 0. The molecule has 0 aromatic heterocycles. The maximum absolute atomic E-state index is 2.74. The van der Waals surface area contributed by atoms with Gasteiger partial charge in [-0.05, 0) is 199 Å². The zero-order valence-corrected chi connectivity index (χ0v) is 44.7. The van der Waals surface area contributed by atoms with Crippen molar-refractivity contribution in [3.63, 3.8) is 0 Å². The molecule has 2 aliphatic heterocycles. The molecule has 2 nitrogen and oxygen atoms in total. The van der Waals surface area contributed by atoms with E-state index < -0.39 is 0 Å². The Kier molecular flexibility index (Phi) is 9.55. The van der Waals surface area contributed by atoms with Crippen LogP contribution in [0.5, 0.6) is 0 Å². The van der Waals surface area contributed by atoms with Crippen LogP contribution in [0.15, 0.2) is 97.1 Å². The minimum absolute atomic E-state index is 0.0541. The highest BCUT2D eigenvalue weighted by Crippen LogP contribution is 2.56. The van der Waals surface area contributed by atoms with Crippen LogP contribution < -0.4 is 26.2 Å². The maximum Gasteiger partial charge on any atom is 0.252 e. The van der Waals surface area contributed by atoms with E-state index in [1.165, 1.54) is 132 Å². The monoisotopic (exact) mass is 897 g/mol. The Morgan fingerprint density at radius 1 is 0.426 bits per heavy atom. The second-order valence-electron chi connectivity index (χ2n) is 26.8. The minimum Gasteiger partial charge on any atom is -0.311 e. The summed E-state index contributed by atoms with van der Waals surface area (Å²) in [6.07, 6.45) is 5.91. The molecule has 3 heteroatoms. The standard InChI is InChI=1S/C65H77BN2/c1-39-31-55-58-56(32-39)68(52-36-47-45(33-40(52)2)60(6,7)27-28-61(47,8)9)53-34-43(65(16,17)42-21-19-18-20-22-42)23-25-49(53)66(58)50-35-46-48(64(14,15)38-63(46,12)13)37-54(50)67(55)51-26-24-44-57(41(51)3)62(10,11)30-29-59(44,4)5/h18-26,31-37H,27-30,38H2,1-17H3. The summed E-state index contributed by atoms with van der Waals surface area (Å²) in [5.41, 5.74) is 28.3. The highest BCUT2D eigenvalue weighted by molar-refractivity contribution is 7.00. The molecule has 2 heterocycles. The Labute approximate surface area is 411 Å². The predicted molar refractivity (Wildman–Crippen MR) is 294 cm³/mol. The Balaban J connectivity index is 1.26. The number of hydrogen-bond donors (Lipinski definition) is 0. The first-order chi connectivity index (χ1) is 31.7. The van der Waals surface area contributed by atoms with E-state index in [4.69, 9.17) is 0 Å². The number of anilines is 6. The lowest BCUT2D eigenvalue weighted by Crippen LogP contribution is -2.61. The zero-order chi connectivity index (χ0) is 48.6. The van der Waals surface area contributed by atoms with Crippen LogP contribution >= 0.6 is 0 Å². The summed E-state index contributed by atoms with van der Waals surface area (Å²) in [4.78, 5) is 5.47. The van der Waals surface area contributed by atoms with Gasteiger partial charge in [-0.25, -0.2) is 0 Å². The summed E-state index contributed by atoms with van der Waals surface area (Å²) in [6.45, 7) is 41.8. The molecule has 3 aliphatic carbocycles. The SMILES string of the molecule is Cc1cc2c3c(c1)N(c1ccc4c(c1C)C(C)(C)CCC4(C)C)c1cc4c(cc1B3c1ccc(C(C)(C)c3ccccc3)cc1N2c1cc2c(cc1C)C(C)(C)CCC2(C)C)C(C)(C)CC4(C)C. The van der Waals surface area contributed by atoms with Crippen molar-refractivity contribution < 1.29 is 0 Å². The molecule has 68 heavy (non-hydrogen) atoms. The van der Waals surface area contributed by atoms with Crippen molar-refractivity contribution in [2.75, 3.05) is 9.80 Å². The number of aryl methyl sites for hydroxylation is 2. The highest BCUT2D eigenvalue weighted by Gasteiger charge is 2.50. The van der Waals surface area contributed by atoms with Crippen LogP contribution in [0.1, 0.15) is 190 Å². The number of fused-ring (bicyclic) bond motifs is 7. The molecule has 0 N–H and O–H groups in total. The second-order valence-corrected chi connectivity index (χ2v) is 26.8. The van der Waals surface area contributed by atoms with Crippen molar-refractivity contribution in [2.45, 2.75) is 188 Å². The van der Waals surface area contributed by atoms with E-state index in [-0.39, 0.29) is 44.6 Å². The van der Waals surface area contributed by atoms with Gasteiger partial charge in [0.25, 0.3) is 6.71 Å². The Hall–Kier alpha value is -5.02. The fourth-order valence-corrected chi connectivity index (χ4v) is 14.7. The van der Waals surface area contributed by atoms with Gasteiger partial charge in [0.05, 0.1) is 0 Å². The molecule has 0 fully saturated rings. The van der Waals surface area contributed by atoms with Gasteiger partial charge in [0.2, 0.25) is 0 Å². The van der Waals surface area contributed by atoms with Crippen molar-refractivity contribution in [2.24, 2.45) is 0 Å². The third-order valence-corrected chi connectivity index (χ3v) is 18.8. The van der Waals surface area contributed by atoms with E-state index in [0.29, 0.717) is 0 Å². The van der Waals surface area contributed by atoms with Crippen LogP contribution in [0.3, 0.4) is 0 Å². The van der Waals surface area contributed by atoms with Gasteiger partial charge in [0.15, 0.2) is 0 Å². The summed E-state index contributed by atoms with van der Waals surface area (Å²) in [5.74, 6) is 0. The quantitative estimate of drug-likeness (QED) is 0.162. The van der Waals surface area contributed by atoms with Crippen molar-refractivity contribution >= 4 is 57.2 Å². The Morgan fingerprint density at radius 3 is 1.57 bits per heavy atom. The lowest BCUT2D eigenvalue weighted by atomic mass is 9.33. The molecular formula is C65H77BN2. The van der Waals surface area contributed by atoms with Gasteiger partial charge in [-0.15, -0.1) is 0 Å². The molecule has 0 radical (unpaired) electrons. The average molecular weight is 897 g/mol. The molecule has 6 aromatic rings. The third kappa shape index (κ3) is 6.41. The van der Waals surface area contributed by atoms with E-state index in [9.17, 15) is 0 Å². The van der Waals surface area contributed by atoms with Crippen LogP contribution in [-0.2, 0) is 37.9 Å². The fraction of sp³-hybridized carbons (Fsp3) is 0.446. The van der Waals surface area contributed by atoms with E-state index in [2.05, 4.69) is 225 Å². The number of nitrogens with zero attached hydrogens (tertiary/aromatic N) is 2. The molecular weight excluding hydrogens is 820 g/mol. The van der Waals surface area contributed by atoms with Crippen LogP contribution in [-0.4, -0.2) is 6.71 Å². The Morgan fingerprint density at radius 2 is 0.941 bits per heavy atom. The van der Waals surface area contributed by atoms with Crippen molar-refractivity contribution in [1.82, 2.24) is 0 Å². The topological polar surface area (TPSA) is 6.48 Å². The van der Waals surface area contributed by atoms with Gasteiger partial charge in [-0.1, -0.05) is 158 Å². The molecule has 0 saturated carbocycles. The molecule has 6 aromatic carbocycles. The normalized spacial score (nSPS) is 20.5. The van der Waals surface area contributed by atoms with E-state index in [1.54, 1.807) is 5.56 Å². The minimum atomic E-state index is -0.207. The molecule has 0 atom stereocenters. The fourth-order valence-electron chi connectivity index (χ4n) is 14.7. The Bertz CT molecular complexity index is 3120. The largest absolute Gasteiger partial charge is 0.311 e. The lowest BCUT2D eigenvalue weighted by molar-refractivity contribution is 0.330. The van der Waals surface area contributed by atoms with Crippen LogP contribution in [0.25, 0.3) is 0 Å². The van der Waals surface area contributed by atoms with E-state index in [1.807, 2.05) is 0 Å². The molecule has 11 rings (SSSR count). The van der Waals surface area contributed by atoms with Gasteiger partial charge < -0.3 is 9.80 Å². The van der Waals surface area contributed by atoms with Crippen molar-refractivity contribution in [3.05, 3.63) is 158 Å². The predicted octanol–water partition coefficient (Wildman–Crippen LogP) is 15.7. The van der Waals surface area contributed by atoms with Gasteiger partial charge >= 0.3 is 0 Å². The third-order valence-electron chi connectivity index (χ3n) is 18.8. The van der Waals surface area contributed by atoms with Gasteiger partial charge in [-0.2, -0.15) is 0 Å². The first-order valence-corrected chi connectivity index (χ1v) is 26.1. The van der Waals surface area contributed by atoms with E-state index in [0.717, 1.165) is 6.42 Å². The van der Waals surface area contributed by atoms with Gasteiger partial charge in [-0.3, -0.25) is 0 Å². The molecule has 0 unspecified atom stereocenters.